The van der Waals surface area contributed by atoms with E-state index in [0.29, 0.717) is 63.1 Å². The summed E-state index contributed by atoms with van der Waals surface area (Å²) in [6.07, 6.45) is 5.12. The van der Waals surface area contributed by atoms with Crippen molar-refractivity contribution >= 4 is 17.8 Å². The molecule has 5 fully saturated rings. The Bertz CT molecular complexity index is 1000. The van der Waals surface area contributed by atoms with Gasteiger partial charge in [-0.15, -0.1) is 0 Å². The van der Waals surface area contributed by atoms with E-state index in [9.17, 15) is 19.5 Å². The number of aliphatic hydroxyl groups is 1. The van der Waals surface area contributed by atoms with Crippen molar-refractivity contribution in [2.75, 3.05) is 32.7 Å². The van der Waals surface area contributed by atoms with E-state index in [2.05, 4.69) is 35.6 Å². The fraction of sp³-hybridized carbons (Fsp3) is 0.679. The number of benzene rings is 1. The van der Waals surface area contributed by atoms with Gasteiger partial charge in [0.2, 0.25) is 11.8 Å². The lowest BCUT2D eigenvalue weighted by atomic mass is 9.78. The van der Waals surface area contributed by atoms with Crippen molar-refractivity contribution < 1.29 is 19.5 Å². The molecule has 0 aromatic heterocycles. The highest BCUT2D eigenvalue weighted by Gasteiger charge is 2.56. The van der Waals surface area contributed by atoms with Crippen LogP contribution in [0, 0.1) is 11.3 Å². The fourth-order valence-electron chi connectivity index (χ4n) is 6.98. The van der Waals surface area contributed by atoms with Crippen LogP contribution in [0.25, 0.3) is 0 Å². The van der Waals surface area contributed by atoms with Crippen molar-refractivity contribution in [3.05, 3.63) is 35.9 Å². The highest BCUT2D eigenvalue weighted by atomic mass is 16.3. The second-order valence-electron chi connectivity index (χ2n) is 11.8. The van der Waals surface area contributed by atoms with Crippen LogP contribution in [0.2, 0.25) is 0 Å². The molecule has 1 aromatic carbocycles. The van der Waals surface area contributed by atoms with E-state index < -0.39 is 5.41 Å². The maximum atomic E-state index is 13.5. The lowest BCUT2D eigenvalue weighted by Crippen LogP contribution is -2.60. The number of carbonyl (C=O) groups is 3. The second kappa shape index (κ2) is 9.45. The van der Waals surface area contributed by atoms with Crippen LogP contribution in [0.5, 0.6) is 0 Å². The van der Waals surface area contributed by atoms with Gasteiger partial charge < -0.3 is 20.2 Å². The molecule has 2 aliphatic carbocycles. The molecule has 2 N–H and O–H groups in total. The SMILES string of the molecule is O=C(N1CC(CN[C@@H]2C[C@H]2c2ccccc2)C1)N1CCC[C@]2(CC(=O)N(C3CCC(O)CC3)C2=O)C1. The highest BCUT2D eigenvalue weighted by Crippen LogP contribution is 2.44. The molecule has 1 aromatic rings. The minimum absolute atomic E-state index is 0.0124. The standard InChI is InChI=1S/C28H38N4O4/c33-22-9-7-21(8-10-22)32-25(34)14-28(26(32)35)11-4-12-30(18-28)27(36)31-16-19(17-31)15-29-24-13-23(24)20-5-2-1-3-6-20/h1-3,5-6,19,21-24,29,33H,4,7-18H2/t21?,22?,23-,24+,28-/m0/s1. The molecule has 5 aliphatic rings. The van der Waals surface area contributed by atoms with Crippen LogP contribution in [0.4, 0.5) is 4.79 Å². The van der Waals surface area contributed by atoms with Gasteiger partial charge in [0.15, 0.2) is 0 Å². The molecule has 0 unspecified atom stereocenters. The van der Waals surface area contributed by atoms with Crippen molar-refractivity contribution in [1.29, 1.82) is 0 Å². The molecule has 8 nitrogen and oxygen atoms in total. The molecule has 36 heavy (non-hydrogen) atoms. The van der Waals surface area contributed by atoms with Crippen molar-refractivity contribution in [3.8, 4) is 0 Å². The summed E-state index contributed by atoms with van der Waals surface area (Å²) in [7, 11) is 0. The first kappa shape index (κ1) is 23.9. The Labute approximate surface area is 213 Å². The summed E-state index contributed by atoms with van der Waals surface area (Å²) in [5, 5.41) is 13.5. The molecule has 3 heterocycles. The summed E-state index contributed by atoms with van der Waals surface area (Å²) in [5.41, 5.74) is 0.643. The van der Waals surface area contributed by atoms with E-state index in [-0.39, 0.29) is 36.4 Å². The number of nitrogens with one attached hydrogen (secondary N) is 1. The molecule has 1 spiro atoms. The third-order valence-electron chi connectivity index (χ3n) is 9.22. The van der Waals surface area contributed by atoms with Gasteiger partial charge in [0.05, 0.1) is 11.5 Å². The lowest BCUT2D eigenvalue weighted by Gasteiger charge is -2.45. The molecule has 3 saturated heterocycles. The monoisotopic (exact) mass is 494 g/mol. The van der Waals surface area contributed by atoms with Crippen LogP contribution >= 0.6 is 0 Å². The zero-order valence-corrected chi connectivity index (χ0v) is 21.0. The Balaban J connectivity index is 0.989. The molecule has 4 amide bonds. The van der Waals surface area contributed by atoms with Gasteiger partial charge in [0.25, 0.3) is 0 Å². The predicted octanol–water partition coefficient (Wildman–Crippen LogP) is 2.33. The quantitative estimate of drug-likeness (QED) is 0.613. The van der Waals surface area contributed by atoms with E-state index in [1.807, 2.05) is 9.80 Å². The van der Waals surface area contributed by atoms with Gasteiger partial charge in [-0.05, 0) is 50.5 Å². The molecule has 6 rings (SSSR count). The average molecular weight is 495 g/mol. The Morgan fingerprint density at radius 1 is 1.06 bits per heavy atom. The number of rotatable bonds is 5. The second-order valence-corrected chi connectivity index (χ2v) is 11.8. The summed E-state index contributed by atoms with van der Waals surface area (Å²) >= 11 is 0. The number of likely N-dealkylation sites (tertiary alicyclic amines) is 3. The fourth-order valence-corrected chi connectivity index (χ4v) is 6.98. The van der Waals surface area contributed by atoms with Crippen LogP contribution in [0.1, 0.15) is 62.8 Å². The van der Waals surface area contributed by atoms with E-state index in [4.69, 9.17) is 0 Å². The lowest BCUT2D eigenvalue weighted by molar-refractivity contribution is -0.146. The van der Waals surface area contributed by atoms with Crippen molar-refractivity contribution in [3.63, 3.8) is 0 Å². The Morgan fingerprint density at radius 2 is 1.81 bits per heavy atom. The van der Waals surface area contributed by atoms with Crippen LogP contribution in [-0.4, -0.2) is 88.6 Å². The van der Waals surface area contributed by atoms with Gasteiger partial charge in [0, 0.05) is 63.1 Å². The predicted molar refractivity (Wildman–Crippen MR) is 134 cm³/mol. The normalized spacial score (nSPS) is 34.9. The summed E-state index contributed by atoms with van der Waals surface area (Å²) < 4.78 is 0. The van der Waals surface area contributed by atoms with Crippen LogP contribution in [0.15, 0.2) is 30.3 Å². The first-order valence-electron chi connectivity index (χ1n) is 13.8. The number of carbonyl (C=O) groups excluding carboxylic acids is 3. The third kappa shape index (κ3) is 4.43. The molecule has 2 saturated carbocycles. The number of amides is 4. The van der Waals surface area contributed by atoms with Gasteiger partial charge in [0.1, 0.15) is 0 Å². The Morgan fingerprint density at radius 3 is 2.56 bits per heavy atom. The molecular formula is C28H38N4O4. The Hall–Kier alpha value is -2.45. The van der Waals surface area contributed by atoms with Gasteiger partial charge in [-0.25, -0.2) is 4.79 Å². The van der Waals surface area contributed by atoms with Crippen LogP contribution < -0.4 is 5.32 Å². The summed E-state index contributed by atoms with van der Waals surface area (Å²) in [4.78, 5) is 44.9. The summed E-state index contributed by atoms with van der Waals surface area (Å²) in [6.45, 7) is 3.43. The minimum atomic E-state index is -0.759. The number of hydrogen-bond donors (Lipinski definition) is 2. The third-order valence-corrected chi connectivity index (χ3v) is 9.22. The van der Waals surface area contributed by atoms with E-state index >= 15 is 0 Å². The maximum Gasteiger partial charge on any atom is 0.320 e. The number of imide groups is 1. The molecule has 0 radical (unpaired) electrons. The number of nitrogens with zero attached hydrogens (tertiary/aromatic N) is 3. The molecule has 194 valence electrons. The molecule has 3 aliphatic heterocycles. The van der Waals surface area contributed by atoms with Crippen LogP contribution in [-0.2, 0) is 9.59 Å². The first-order chi connectivity index (χ1) is 17.4. The molecular weight excluding hydrogens is 456 g/mol. The average Bonchev–Trinajstić information content (AvgIpc) is 3.60. The van der Waals surface area contributed by atoms with Crippen molar-refractivity contribution in [1.82, 2.24) is 20.0 Å². The van der Waals surface area contributed by atoms with Gasteiger partial charge in [-0.1, -0.05) is 30.3 Å². The first-order valence-corrected chi connectivity index (χ1v) is 13.8. The van der Waals surface area contributed by atoms with Crippen molar-refractivity contribution in [2.45, 2.75) is 75.5 Å². The van der Waals surface area contributed by atoms with Gasteiger partial charge in [-0.3, -0.25) is 14.5 Å². The smallest absolute Gasteiger partial charge is 0.320 e. The zero-order valence-electron chi connectivity index (χ0n) is 21.0. The molecule has 0 bridgehead atoms. The van der Waals surface area contributed by atoms with E-state index in [1.165, 1.54) is 16.9 Å². The van der Waals surface area contributed by atoms with E-state index in [1.54, 1.807) is 0 Å². The van der Waals surface area contributed by atoms with E-state index in [0.717, 1.165) is 26.1 Å². The Kier molecular flexibility index (Phi) is 6.28. The molecule has 3 atom stereocenters. The largest absolute Gasteiger partial charge is 0.393 e. The number of aliphatic hydroxyl groups excluding tert-OH is 1. The topological polar surface area (TPSA) is 93.2 Å². The number of hydrogen-bond acceptors (Lipinski definition) is 5. The summed E-state index contributed by atoms with van der Waals surface area (Å²) in [5.74, 6) is 0.893. The summed E-state index contributed by atoms with van der Waals surface area (Å²) in [6, 6.07) is 11.1. The van der Waals surface area contributed by atoms with Crippen molar-refractivity contribution in [2.24, 2.45) is 11.3 Å². The van der Waals surface area contributed by atoms with Crippen LogP contribution in [0.3, 0.4) is 0 Å². The maximum absolute atomic E-state index is 13.5. The number of urea groups is 1. The minimum Gasteiger partial charge on any atom is -0.393 e. The van der Waals surface area contributed by atoms with Gasteiger partial charge in [-0.2, -0.15) is 0 Å². The highest BCUT2D eigenvalue weighted by molar-refractivity contribution is 6.06. The number of piperidine rings is 1. The molecule has 8 heteroatoms. The van der Waals surface area contributed by atoms with Gasteiger partial charge >= 0.3 is 6.03 Å². The zero-order chi connectivity index (χ0) is 24.9.